The van der Waals surface area contributed by atoms with E-state index in [4.69, 9.17) is 21.7 Å². The fourth-order valence-corrected chi connectivity index (χ4v) is 2.15. The summed E-state index contributed by atoms with van der Waals surface area (Å²) in [7, 11) is 1.60. The molecule has 0 radical (unpaired) electrons. The van der Waals surface area contributed by atoms with Gasteiger partial charge in [-0.25, -0.2) is 0 Å². The zero-order valence-corrected chi connectivity index (χ0v) is 14.5. The van der Waals surface area contributed by atoms with E-state index in [0.717, 1.165) is 10.9 Å². The molecule has 0 spiro atoms. The molecule has 0 saturated heterocycles. The van der Waals surface area contributed by atoms with Gasteiger partial charge in [-0.05, 0) is 52.8 Å². The number of amides is 1. The molecular formula is C14H19BrN2O3S. The van der Waals surface area contributed by atoms with Crippen molar-refractivity contribution in [1.29, 1.82) is 0 Å². The smallest absolute Gasteiger partial charge is 0.257 e. The fourth-order valence-electron chi connectivity index (χ4n) is 1.46. The van der Waals surface area contributed by atoms with Gasteiger partial charge in [-0.3, -0.25) is 10.1 Å². The number of benzene rings is 1. The van der Waals surface area contributed by atoms with Crippen LogP contribution in [0, 0.1) is 0 Å². The van der Waals surface area contributed by atoms with E-state index in [9.17, 15) is 4.79 Å². The molecule has 0 aliphatic rings. The molecule has 1 amide bonds. The second kappa shape index (κ2) is 9.70. The number of methoxy groups -OCH3 is 1. The first-order chi connectivity index (χ1) is 10.1. The Labute approximate surface area is 138 Å². The molecule has 0 aromatic heterocycles. The van der Waals surface area contributed by atoms with Gasteiger partial charge in [0.15, 0.2) is 5.11 Å². The third-order valence-electron chi connectivity index (χ3n) is 2.47. The van der Waals surface area contributed by atoms with Crippen molar-refractivity contribution in [1.82, 2.24) is 10.6 Å². The predicted octanol–water partition coefficient (Wildman–Crippen LogP) is 2.49. The number of hydrogen-bond acceptors (Lipinski definition) is 4. The second-order valence-corrected chi connectivity index (χ2v) is 5.46. The van der Waals surface area contributed by atoms with Gasteiger partial charge in [-0.2, -0.15) is 0 Å². The number of ether oxygens (including phenoxy) is 2. The predicted molar refractivity (Wildman–Crippen MR) is 89.9 cm³/mol. The van der Waals surface area contributed by atoms with E-state index in [1.54, 1.807) is 25.3 Å². The van der Waals surface area contributed by atoms with Crippen LogP contribution in [0.5, 0.6) is 5.75 Å². The summed E-state index contributed by atoms with van der Waals surface area (Å²) in [5, 5.41) is 5.76. The van der Waals surface area contributed by atoms with Crippen LogP contribution < -0.4 is 15.4 Å². The highest BCUT2D eigenvalue weighted by Gasteiger charge is 2.10. The molecule has 0 saturated carbocycles. The zero-order chi connectivity index (χ0) is 15.7. The van der Waals surface area contributed by atoms with Crippen molar-refractivity contribution < 1.29 is 14.3 Å². The molecule has 0 heterocycles. The molecular weight excluding hydrogens is 356 g/mol. The van der Waals surface area contributed by atoms with Gasteiger partial charge in [0.25, 0.3) is 5.91 Å². The van der Waals surface area contributed by atoms with E-state index >= 15 is 0 Å². The lowest BCUT2D eigenvalue weighted by Crippen LogP contribution is -2.40. The lowest BCUT2D eigenvalue weighted by atomic mass is 10.2. The Morgan fingerprint density at radius 2 is 2.14 bits per heavy atom. The van der Waals surface area contributed by atoms with Gasteiger partial charge < -0.3 is 14.8 Å². The Balaban J connectivity index is 2.58. The first-order valence-electron chi connectivity index (χ1n) is 6.59. The molecule has 21 heavy (non-hydrogen) atoms. The summed E-state index contributed by atoms with van der Waals surface area (Å²) in [6.07, 6.45) is 0.927. The van der Waals surface area contributed by atoms with Crippen LogP contribution in [-0.2, 0) is 4.74 Å². The summed E-state index contributed by atoms with van der Waals surface area (Å²) in [5.74, 6) is 0.446. The van der Waals surface area contributed by atoms with E-state index in [1.165, 1.54) is 0 Å². The lowest BCUT2D eigenvalue weighted by molar-refractivity contribution is 0.0976. The highest BCUT2D eigenvalue weighted by molar-refractivity contribution is 9.10. The molecule has 7 heteroatoms. The Morgan fingerprint density at radius 1 is 1.38 bits per heavy atom. The van der Waals surface area contributed by atoms with E-state index in [2.05, 4.69) is 26.6 Å². The van der Waals surface area contributed by atoms with Crippen molar-refractivity contribution in [3.05, 3.63) is 28.2 Å². The molecule has 0 unspecified atom stereocenters. The summed E-state index contributed by atoms with van der Waals surface area (Å²) in [5.41, 5.74) is 0.501. The Hall–Kier alpha value is -1.18. The molecule has 0 fully saturated rings. The molecule has 1 aromatic rings. The van der Waals surface area contributed by atoms with E-state index in [1.807, 2.05) is 6.92 Å². The minimum absolute atomic E-state index is 0.271. The van der Waals surface area contributed by atoms with Crippen LogP contribution in [0.25, 0.3) is 0 Å². The molecule has 1 rings (SSSR count). The molecule has 1 aromatic carbocycles. The zero-order valence-electron chi connectivity index (χ0n) is 12.1. The summed E-state index contributed by atoms with van der Waals surface area (Å²) in [4.78, 5) is 12.0. The largest absolute Gasteiger partial charge is 0.492 e. The van der Waals surface area contributed by atoms with Gasteiger partial charge in [-0.15, -0.1) is 0 Å². The van der Waals surface area contributed by atoms with Crippen molar-refractivity contribution >= 4 is 39.2 Å². The quantitative estimate of drug-likeness (QED) is 0.567. The highest BCUT2D eigenvalue weighted by Crippen LogP contribution is 2.26. The summed E-state index contributed by atoms with van der Waals surface area (Å²) >= 11 is 8.42. The number of carbonyl (C=O) groups excluding carboxylic acids is 1. The maximum Gasteiger partial charge on any atom is 0.257 e. The van der Waals surface area contributed by atoms with E-state index in [-0.39, 0.29) is 11.0 Å². The second-order valence-electron chi connectivity index (χ2n) is 4.20. The third kappa shape index (κ3) is 6.41. The first kappa shape index (κ1) is 17.9. The van der Waals surface area contributed by atoms with Gasteiger partial charge in [0.2, 0.25) is 0 Å². The summed E-state index contributed by atoms with van der Waals surface area (Å²) in [6.45, 7) is 3.74. The average molecular weight is 375 g/mol. The van der Waals surface area contributed by atoms with Crippen LogP contribution >= 0.6 is 28.1 Å². The van der Waals surface area contributed by atoms with Crippen molar-refractivity contribution in [2.45, 2.75) is 13.3 Å². The van der Waals surface area contributed by atoms with Crippen molar-refractivity contribution in [2.24, 2.45) is 0 Å². The monoisotopic (exact) mass is 374 g/mol. The molecule has 0 bridgehead atoms. The van der Waals surface area contributed by atoms with Crippen molar-refractivity contribution in [3.63, 3.8) is 0 Å². The van der Waals surface area contributed by atoms with E-state index < -0.39 is 0 Å². The number of thiocarbonyl (C=S) groups is 1. The van der Waals surface area contributed by atoms with Crippen molar-refractivity contribution in [2.75, 3.05) is 26.9 Å². The van der Waals surface area contributed by atoms with Crippen LogP contribution in [0.2, 0.25) is 0 Å². The van der Waals surface area contributed by atoms with Crippen LogP contribution in [0.1, 0.15) is 23.7 Å². The minimum Gasteiger partial charge on any atom is -0.492 e. The van der Waals surface area contributed by atoms with Crippen LogP contribution in [0.3, 0.4) is 0 Å². The lowest BCUT2D eigenvalue weighted by Gasteiger charge is -2.11. The van der Waals surface area contributed by atoms with E-state index in [0.29, 0.717) is 31.1 Å². The Bertz CT molecular complexity index is 497. The van der Waals surface area contributed by atoms with Crippen LogP contribution in [0.15, 0.2) is 22.7 Å². The number of rotatable bonds is 7. The van der Waals surface area contributed by atoms with Gasteiger partial charge in [-0.1, -0.05) is 6.92 Å². The summed E-state index contributed by atoms with van der Waals surface area (Å²) < 4.78 is 11.2. The maximum absolute atomic E-state index is 12.0. The normalized spacial score (nSPS) is 10.0. The Morgan fingerprint density at radius 3 is 2.76 bits per heavy atom. The third-order valence-corrected chi connectivity index (χ3v) is 3.34. The number of hydrogen-bond donors (Lipinski definition) is 2. The average Bonchev–Trinajstić information content (AvgIpc) is 2.46. The molecule has 0 atom stereocenters. The molecule has 116 valence electrons. The summed E-state index contributed by atoms with van der Waals surface area (Å²) in [6, 6.07) is 5.16. The van der Waals surface area contributed by atoms with Crippen LogP contribution in [-0.4, -0.2) is 37.9 Å². The molecule has 0 aliphatic heterocycles. The number of carbonyl (C=O) groups is 1. The van der Waals surface area contributed by atoms with Gasteiger partial charge in [0.1, 0.15) is 5.75 Å². The topological polar surface area (TPSA) is 59.6 Å². The SMILES string of the molecule is CCCOc1ccc(C(=O)NC(=S)NCCOC)cc1Br. The van der Waals surface area contributed by atoms with Gasteiger partial charge in [0, 0.05) is 19.2 Å². The first-order valence-corrected chi connectivity index (χ1v) is 7.79. The maximum atomic E-state index is 12.0. The standard InChI is InChI=1S/C14H19BrN2O3S/c1-3-7-20-12-5-4-10(9-11(12)15)13(18)17-14(21)16-6-8-19-2/h4-5,9H,3,6-8H2,1-2H3,(H2,16,17,18,21). The van der Waals surface area contributed by atoms with Gasteiger partial charge in [0.05, 0.1) is 17.7 Å². The van der Waals surface area contributed by atoms with Crippen molar-refractivity contribution in [3.8, 4) is 5.75 Å². The fraction of sp³-hybridized carbons (Fsp3) is 0.429. The number of halogens is 1. The minimum atomic E-state index is -0.271. The molecule has 5 nitrogen and oxygen atoms in total. The molecule has 2 N–H and O–H groups in total. The highest BCUT2D eigenvalue weighted by atomic mass is 79.9. The number of nitrogens with one attached hydrogen (secondary N) is 2. The molecule has 0 aliphatic carbocycles. The van der Waals surface area contributed by atoms with Gasteiger partial charge >= 0.3 is 0 Å². The van der Waals surface area contributed by atoms with Crippen LogP contribution in [0.4, 0.5) is 0 Å². The Kier molecular flexibility index (Phi) is 8.26.